The van der Waals surface area contributed by atoms with Crippen LogP contribution in [0, 0.1) is 0 Å². The minimum Gasteiger partial charge on any atom is -0.487 e. The summed E-state index contributed by atoms with van der Waals surface area (Å²) in [6.07, 6.45) is 2.44. The van der Waals surface area contributed by atoms with Crippen molar-refractivity contribution >= 4 is 0 Å². The molecule has 0 saturated heterocycles. The number of aryl methyl sites for hydroxylation is 1. The van der Waals surface area contributed by atoms with Crippen LogP contribution in [0.3, 0.4) is 0 Å². The minimum atomic E-state index is 0.176. The molecular weight excluding hydrogens is 216 g/mol. The maximum atomic E-state index is 8.81. The van der Waals surface area contributed by atoms with Crippen molar-refractivity contribution in [1.29, 1.82) is 0 Å². The lowest BCUT2D eigenvalue weighted by molar-refractivity contribution is 0.293. The van der Waals surface area contributed by atoms with Crippen LogP contribution in [0.2, 0.25) is 0 Å². The zero-order chi connectivity index (χ0) is 12.1. The van der Waals surface area contributed by atoms with Crippen molar-refractivity contribution in [2.75, 3.05) is 6.61 Å². The Morgan fingerprint density at radius 1 is 1.24 bits per heavy atom. The molecule has 0 spiro atoms. The zero-order valence-corrected chi connectivity index (χ0v) is 9.84. The van der Waals surface area contributed by atoms with Gasteiger partial charge in [0.2, 0.25) is 0 Å². The van der Waals surface area contributed by atoms with Gasteiger partial charge in [-0.15, -0.1) is 0 Å². The number of nitrogens with zero attached hydrogens (tertiary/aromatic N) is 2. The Morgan fingerprint density at radius 3 is 2.59 bits per heavy atom. The summed E-state index contributed by atoms with van der Waals surface area (Å²) in [6, 6.07) is 9.70. The highest BCUT2D eigenvalue weighted by Crippen LogP contribution is 2.14. The van der Waals surface area contributed by atoms with Gasteiger partial charge in [-0.1, -0.05) is 12.1 Å². The summed E-state index contributed by atoms with van der Waals surface area (Å²) in [6.45, 7) is 0.686. The minimum absolute atomic E-state index is 0.176. The maximum absolute atomic E-state index is 8.81. The predicted molar refractivity (Wildman–Crippen MR) is 64.8 cm³/mol. The SMILES string of the molecule is Cn1nccc1COc1ccc(CCO)cc1. The zero-order valence-electron chi connectivity index (χ0n) is 9.84. The van der Waals surface area contributed by atoms with Gasteiger partial charge < -0.3 is 9.84 Å². The quantitative estimate of drug-likeness (QED) is 0.850. The molecule has 0 saturated carbocycles. The fraction of sp³-hybridized carbons (Fsp3) is 0.308. The molecule has 0 bridgehead atoms. The van der Waals surface area contributed by atoms with Crippen LogP contribution >= 0.6 is 0 Å². The number of hydrogen-bond donors (Lipinski definition) is 1. The Bertz CT molecular complexity index is 463. The van der Waals surface area contributed by atoms with Crippen molar-refractivity contribution in [2.24, 2.45) is 7.05 Å². The number of ether oxygens (including phenoxy) is 1. The van der Waals surface area contributed by atoms with Gasteiger partial charge in [-0.05, 0) is 30.2 Å². The normalized spacial score (nSPS) is 10.5. The molecule has 1 heterocycles. The van der Waals surface area contributed by atoms with Crippen LogP contribution in [0.25, 0.3) is 0 Å². The first-order valence-corrected chi connectivity index (χ1v) is 5.59. The molecule has 90 valence electrons. The summed E-state index contributed by atoms with van der Waals surface area (Å²) in [5, 5.41) is 12.9. The van der Waals surface area contributed by atoms with Crippen molar-refractivity contribution in [3.05, 3.63) is 47.8 Å². The van der Waals surface area contributed by atoms with Crippen LogP contribution in [0.5, 0.6) is 5.75 Å². The van der Waals surface area contributed by atoms with E-state index >= 15 is 0 Å². The molecule has 1 aromatic heterocycles. The Kier molecular flexibility index (Phi) is 3.77. The Balaban J connectivity index is 1.93. The van der Waals surface area contributed by atoms with Crippen molar-refractivity contribution in [3.8, 4) is 5.75 Å². The van der Waals surface area contributed by atoms with E-state index in [2.05, 4.69) is 5.10 Å². The highest BCUT2D eigenvalue weighted by atomic mass is 16.5. The molecule has 2 aromatic rings. The lowest BCUT2D eigenvalue weighted by Crippen LogP contribution is -2.03. The second kappa shape index (κ2) is 5.50. The number of aliphatic hydroxyl groups excluding tert-OH is 1. The first kappa shape index (κ1) is 11.7. The molecule has 0 amide bonds. The molecule has 2 rings (SSSR count). The van der Waals surface area contributed by atoms with Crippen molar-refractivity contribution in [1.82, 2.24) is 9.78 Å². The first-order valence-electron chi connectivity index (χ1n) is 5.59. The van der Waals surface area contributed by atoms with Crippen LogP contribution in [0.15, 0.2) is 36.5 Å². The molecule has 1 N–H and O–H groups in total. The van der Waals surface area contributed by atoms with E-state index in [1.54, 1.807) is 10.9 Å². The predicted octanol–water partition coefficient (Wildman–Crippen LogP) is 1.53. The summed E-state index contributed by atoms with van der Waals surface area (Å²) in [7, 11) is 1.89. The van der Waals surface area contributed by atoms with E-state index in [1.807, 2.05) is 37.4 Å². The van der Waals surface area contributed by atoms with E-state index in [4.69, 9.17) is 9.84 Å². The van der Waals surface area contributed by atoms with Crippen molar-refractivity contribution < 1.29 is 9.84 Å². The lowest BCUT2D eigenvalue weighted by atomic mass is 10.1. The van der Waals surface area contributed by atoms with Gasteiger partial charge in [-0.2, -0.15) is 5.10 Å². The smallest absolute Gasteiger partial charge is 0.130 e. The average molecular weight is 232 g/mol. The summed E-state index contributed by atoms with van der Waals surface area (Å²) in [5.74, 6) is 0.827. The maximum Gasteiger partial charge on any atom is 0.130 e. The number of benzene rings is 1. The summed E-state index contributed by atoms with van der Waals surface area (Å²) < 4.78 is 7.43. The Hall–Kier alpha value is -1.81. The molecule has 0 fully saturated rings. The van der Waals surface area contributed by atoms with Gasteiger partial charge in [0.25, 0.3) is 0 Å². The topological polar surface area (TPSA) is 47.3 Å². The molecule has 0 atom stereocenters. The van der Waals surface area contributed by atoms with E-state index in [0.29, 0.717) is 13.0 Å². The Morgan fingerprint density at radius 2 is 2.00 bits per heavy atom. The molecule has 1 aromatic carbocycles. The molecule has 0 aliphatic rings. The molecule has 0 aliphatic heterocycles. The third-order valence-corrected chi connectivity index (χ3v) is 2.63. The summed E-state index contributed by atoms with van der Waals surface area (Å²) in [5.41, 5.74) is 2.14. The van der Waals surface area contributed by atoms with Crippen molar-refractivity contribution in [3.63, 3.8) is 0 Å². The monoisotopic (exact) mass is 232 g/mol. The van der Waals surface area contributed by atoms with Gasteiger partial charge in [0, 0.05) is 19.9 Å². The second-order valence-corrected chi connectivity index (χ2v) is 3.85. The molecule has 0 radical (unpaired) electrons. The summed E-state index contributed by atoms with van der Waals surface area (Å²) in [4.78, 5) is 0. The van der Waals surface area contributed by atoms with Gasteiger partial charge in [-0.25, -0.2) is 0 Å². The van der Waals surface area contributed by atoms with E-state index < -0.39 is 0 Å². The standard InChI is InChI=1S/C13H16N2O2/c1-15-12(6-8-14-15)10-17-13-4-2-11(3-5-13)7-9-16/h2-6,8,16H,7,9-10H2,1H3. The van der Waals surface area contributed by atoms with Gasteiger partial charge in [0.1, 0.15) is 12.4 Å². The highest BCUT2D eigenvalue weighted by Gasteiger charge is 2.00. The highest BCUT2D eigenvalue weighted by molar-refractivity contribution is 5.27. The van der Waals surface area contributed by atoms with Gasteiger partial charge in [-0.3, -0.25) is 4.68 Å². The third kappa shape index (κ3) is 3.07. The molecular formula is C13H16N2O2. The fourth-order valence-electron chi connectivity index (χ4n) is 1.58. The van der Waals surface area contributed by atoms with E-state index in [9.17, 15) is 0 Å². The molecule has 4 nitrogen and oxygen atoms in total. The number of aliphatic hydroxyl groups is 1. The van der Waals surface area contributed by atoms with Crippen LogP contribution in [0.4, 0.5) is 0 Å². The lowest BCUT2D eigenvalue weighted by Gasteiger charge is -2.07. The van der Waals surface area contributed by atoms with Gasteiger partial charge >= 0.3 is 0 Å². The Labute approximate surface area is 100 Å². The van der Waals surface area contributed by atoms with E-state index in [1.165, 1.54) is 0 Å². The largest absolute Gasteiger partial charge is 0.487 e. The molecule has 4 heteroatoms. The van der Waals surface area contributed by atoms with Crippen LogP contribution in [-0.4, -0.2) is 21.5 Å². The van der Waals surface area contributed by atoms with E-state index in [0.717, 1.165) is 17.0 Å². The fourth-order valence-corrected chi connectivity index (χ4v) is 1.58. The average Bonchev–Trinajstić information content (AvgIpc) is 2.75. The third-order valence-electron chi connectivity index (χ3n) is 2.63. The van der Waals surface area contributed by atoms with E-state index in [-0.39, 0.29) is 6.61 Å². The van der Waals surface area contributed by atoms with Crippen LogP contribution in [-0.2, 0) is 20.1 Å². The first-order chi connectivity index (χ1) is 8.29. The van der Waals surface area contributed by atoms with Crippen molar-refractivity contribution in [2.45, 2.75) is 13.0 Å². The van der Waals surface area contributed by atoms with Gasteiger partial charge in [0.05, 0.1) is 5.69 Å². The number of rotatable bonds is 5. The van der Waals surface area contributed by atoms with Crippen LogP contribution < -0.4 is 4.74 Å². The number of aromatic nitrogens is 2. The summed E-state index contributed by atoms with van der Waals surface area (Å²) >= 11 is 0. The molecule has 0 aliphatic carbocycles. The molecule has 17 heavy (non-hydrogen) atoms. The molecule has 0 unspecified atom stereocenters. The second-order valence-electron chi connectivity index (χ2n) is 3.85. The number of hydrogen-bond acceptors (Lipinski definition) is 3. The van der Waals surface area contributed by atoms with Crippen LogP contribution in [0.1, 0.15) is 11.3 Å². The van der Waals surface area contributed by atoms with Gasteiger partial charge in [0.15, 0.2) is 0 Å².